The first-order chi connectivity index (χ1) is 8.97. The lowest BCUT2D eigenvalue weighted by atomic mass is 10.1. The molecule has 98 valence electrons. The summed E-state index contributed by atoms with van der Waals surface area (Å²) in [4.78, 5) is 11.7. The van der Waals surface area contributed by atoms with E-state index in [1.165, 1.54) is 0 Å². The Hall–Kier alpha value is -2.23. The highest BCUT2D eigenvalue weighted by atomic mass is 19.1. The van der Waals surface area contributed by atoms with E-state index in [2.05, 4.69) is 0 Å². The van der Waals surface area contributed by atoms with Crippen LogP contribution in [0.5, 0.6) is 5.75 Å². The van der Waals surface area contributed by atoms with Crippen LogP contribution in [0.4, 0.5) is 8.78 Å². The van der Waals surface area contributed by atoms with E-state index in [4.69, 9.17) is 4.74 Å². The molecule has 19 heavy (non-hydrogen) atoms. The number of aryl methyl sites for hydroxylation is 2. The summed E-state index contributed by atoms with van der Waals surface area (Å²) in [5.74, 6) is -2.64. The number of rotatable bonds is 2. The van der Waals surface area contributed by atoms with Gasteiger partial charge in [0.1, 0.15) is 22.9 Å². The zero-order valence-corrected chi connectivity index (χ0v) is 10.5. The van der Waals surface area contributed by atoms with E-state index in [-0.39, 0.29) is 5.75 Å². The molecule has 0 atom stereocenters. The molecule has 0 aromatic heterocycles. The van der Waals surface area contributed by atoms with E-state index in [0.717, 1.165) is 17.7 Å². The van der Waals surface area contributed by atoms with E-state index >= 15 is 0 Å². The molecule has 0 unspecified atom stereocenters. The van der Waals surface area contributed by atoms with Crippen molar-refractivity contribution in [3.63, 3.8) is 0 Å². The Morgan fingerprint density at radius 1 is 0.947 bits per heavy atom. The normalized spacial score (nSPS) is 10.3. The van der Waals surface area contributed by atoms with Crippen LogP contribution in [0.1, 0.15) is 21.5 Å². The molecule has 2 aromatic carbocycles. The molecule has 0 spiro atoms. The van der Waals surface area contributed by atoms with Gasteiger partial charge in [0, 0.05) is 0 Å². The predicted molar refractivity (Wildman–Crippen MR) is 67.2 cm³/mol. The number of esters is 1. The number of ether oxygens (including phenoxy) is 1. The van der Waals surface area contributed by atoms with Gasteiger partial charge in [-0.15, -0.1) is 0 Å². The van der Waals surface area contributed by atoms with Gasteiger partial charge in [-0.2, -0.15) is 0 Å². The van der Waals surface area contributed by atoms with Crippen LogP contribution >= 0.6 is 0 Å². The number of benzene rings is 2. The minimum absolute atomic E-state index is 0.245. The Morgan fingerprint density at radius 3 is 2.00 bits per heavy atom. The van der Waals surface area contributed by atoms with Crippen molar-refractivity contribution in [1.82, 2.24) is 0 Å². The van der Waals surface area contributed by atoms with Crippen LogP contribution in [0.15, 0.2) is 36.4 Å². The van der Waals surface area contributed by atoms with E-state index in [9.17, 15) is 13.6 Å². The minimum atomic E-state index is -1.04. The summed E-state index contributed by atoms with van der Waals surface area (Å²) in [5, 5.41) is 0. The van der Waals surface area contributed by atoms with Gasteiger partial charge < -0.3 is 4.74 Å². The number of halogens is 2. The van der Waals surface area contributed by atoms with E-state index in [1.807, 2.05) is 6.92 Å². The third kappa shape index (κ3) is 2.96. The van der Waals surface area contributed by atoms with Crippen LogP contribution < -0.4 is 4.74 Å². The number of carbonyl (C=O) groups excluding carboxylic acids is 1. The van der Waals surface area contributed by atoms with Crippen molar-refractivity contribution in [2.45, 2.75) is 13.8 Å². The highest BCUT2D eigenvalue weighted by molar-refractivity contribution is 5.91. The Bertz CT molecular complexity index is 596. The number of carbonyl (C=O) groups is 1. The molecule has 2 rings (SSSR count). The van der Waals surface area contributed by atoms with E-state index in [1.54, 1.807) is 31.2 Å². The van der Waals surface area contributed by atoms with Gasteiger partial charge in [0.25, 0.3) is 0 Å². The van der Waals surface area contributed by atoms with Crippen molar-refractivity contribution in [2.75, 3.05) is 0 Å². The predicted octanol–water partition coefficient (Wildman–Crippen LogP) is 3.80. The highest BCUT2D eigenvalue weighted by Crippen LogP contribution is 2.19. The molecule has 0 saturated carbocycles. The van der Waals surface area contributed by atoms with Crippen molar-refractivity contribution in [2.24, 2.45) is 0 Å². The van der Waals surface area contributed by atoms with Gasteiger partial charge in [0.2, 0.25) is 0 Å². The fourth-order valence-corrected chi connectivity index (χ4v) is 1.66. The zero-order chi connectivity index (χ0) is 14.0. The van der Waals surface area contributed by atoms with Crippen molar-refractivity contribution in [1.29, 1.82) is 0 Å². The molecule has 0 heterocycles. The molecule has 0 fully saturated rings. The van der Waals surface area contributed by atoms with E-state index < -0.39 is 23.2 Å². The van der Waals surface area contributed by atoms with Gasteiger partial charge in [0.15, 0.2) is 0 Å². The van der Waals surface area contributed by atoms with Crippen molar-refractivity contribution < 1.29 is 18.3 Å². The van der Waals surface area contributed by atoms with Gasteiger partial charge in [-0.25, -0.2) is 13.6 Å². The second-order valence-electron chi connectivity index (χ2n) is 4.31. The SMILES string of the molecule is Cc1ccc(OC(=O)c2c(F)cc(C)cc2F)cc1. The monoisotopic (exact) mass is 262 g/mol. The maximum absolute atomic E-state index is 13.6. The maximum Gasteiger partial charge on any atom is 0.349 e. The van der Waals surface area contributed by atoms with Crippen LogP contribution in [-0.4, -0.2) is 5.97 Å². The molecule has 0 aliphatic rings. The van der Waals surface area contributed by atoms with Gasteiger partial charge in [0.05, 0.1) is 0 Å². The molecule has 0 aliphatic carbocycles. The lowest BCUT2D eigenvalue weighted by molar-refractivity contribution is 0.0724. The second kappa shape index (κ2) is 5.18. The Kier molecular flexibility index (Phi) is 3.60. The van der Waals surface area contributed by atoms with Gasteiger partial charge >= 0.3 is 5.97 Å². The Labute approximate surface area is 109 Å². The average Bonchev–Trinajstić information content (AvgIpc) is 2.30. The lowest BCUT2D eigenvalue weighted by Crippen LogP contribution is -2.13. The Morgan fingerprint density at radius 2 is 1.47 bits per heavy atom. The minimum Gasteiger partial charge on any atom is -0.423 e. The first-order valence-corrected chi connectivity index (χ1v) is 5.72. The molecule has 0 aliphatic heterocycles. The zero-order valence-electron chi connectivity index (χ0n) is 10.5. The molecule has 2 aromatic rings. The first kappa shape index (κ1) is 13.2. The lowest BCUT2D eigenvalue weighted by Gasteiger charge is -2.07. The van der Waals surface area contributed by atoms with Crippen molar-refractivity contribution >= 4 is 5.97 Å². The summed E-state index contributed by atoms with van der Waals surface area (Å²) in [6, 6.07) is 8.80. The summed E-state index contributed by atoms with van der Waals surface area (Å²) in [6.45, 7) is 3.42. The van der Waals surface area contributed by atoms with Crippen LogP contribution in [0.2, 0.25) is 0 Å². The molecule has 0 radical (unpaired) electrons. The van der Waals surface area contributed by atoms with Crippen LogP contribution in [-0.2, 0) is 0 Å². The second-order valence-corrected chi connectivity index (χ2v) is 4.31. The first-order valence-electron chi connectivity index (χ1n) is 5.72. The van der Waals surface area contributed by atoms with Crippen molar-refractivity contribution in [3.8, 4) is 5.75 Å². The number of hydrogen-bond donors (Lipinski definition) is 0. The topological polar surface area (TPSA) is 26.3 Å². The van der Waals surface area contributed by atoms with Crippen LogP contribution in [0, 0.1) is 25.5 Å². The third-order valence-corrected chi connectivity index (χ3v) is 2.62. The Balaban J connectivity index is 2.28. The molecule has 0 amide bonds. The standard InChI is InChI=1S/C15H12F2O2/c1-9-3-5-11(6-4-9)19-15(18)14-12(16)7-10(2)8-13(14)17/h3-8H,1-2H3. The van der Waals surface area contributed by atoms with Gasteiger partial charge in [-0.1, -0.05) is 17.7 Å². The van der Waals surface area contributed by atoms with Crippen LogP contribution in [0.25, 0.3) is 0 Å². The molecule has 0 bridgehead atoms. The summed E-state index contributed by atoms with van der Waals surface area (Å²) in [7, 11) is 0. The van der Waals surface area contributed by atoms with Gasteiger partial charge in [-0.05, 0) is 43.7 Å². The molecule has 4 heteroatoms. The summed E-state index contributed by atoms with van der Waals surface area (Å²) >= 11 is 0. The quantitative estimate of drug-likeness (QED) is 0.607. The molecule has 0 N–H and O–H groups in total. The molecular formula is C15H12F2O2. The maximum atomic E-state index is 13.6. The number of hydrogen-bond acceptors (Lipinski definition) is 2. The van der Waals surface area contributed by atoms with Gasteiger partial charge in [-0.3, -0.25) is 0 Å². The summed E-state index contributed by atoms with van der Waals surface area (Å²) in [6.07, 6.45) is 0. The van der Waals surface area contributed by atoms with E-state index in [0.29, 0.717) is 5.56 Å². The summed E-state index contributed by atoms with van der Waals surface area (Å²) < 4.78 is 32.1. The van der Waals surface area contributed by atoms with Crippen LogP contribution in [0.3, 0.4) is 0 Å². The highest BCUT2D eigenvalue weighted by Gasteiger charge is 2.20. The molecular weight excluding hydrogens is 250 g/mol. The fraction of sp³-hybridized carbons (Fsp3) is 0.133. The summed E-state index contributed by atoms with van der Waals surface area (Å²) in [5.41, 5.74) is 0.723. The van der Waals surface area contributed by atoms with Crippen molar-refractivity contribution in [3.05, 3.63) is 64.7 Å². The third-order valence-electron chi connectivity index (χ3n) is 2.62. The molecule has 2 nitrogen and oxygen atoms in total. The fourth-order valence-electron chi connectivity index (χ4n) is 1.66. The average molecular weight is 262 g/mol. The largest absolute Gasteiger partial charge is 0.423 e. The molecule has 0 saturated heterocycles. The smallest absolute Gasteiger partial charge is 0.349 e.